The molecule has 0 unspecified atom stereocenters. The molecule has 18 heavy (non-hydrogen) atoms. The zero-order valence-electron chi connectivity index (χ0n) is 10.5. The molecule has 0 atom stereocenters. The lowest BCUT2D eigenvalue weighted by molar-refractivity contribution is 0.327. The van der Waals surface area contributed by atoms with Gasteiger partial charge in [-0.15, -0.1) is 6.58 Å². The van der Waals surface area contributed by atoms with Crippen molar-refractivity contribution in [1.29, 1.82) is 0 Å². The van der Waals surface area contributed by atoms with E-state index in [9.17, 15) is 0 Å². The van der Waals surface area contributed by atoms with E-state index in [2.05, 4.69) is 29.7 Å². The molecule has 2 heteroatoms. The van der Waals surface area contributed by atoms with Crippen LogP contribution in [0.3, 0.4) is 0 Å². The number of rotatable bonds is 4. The van der Waals surface area contributed by atoms with Crippen molar-refractivity contribution >= 4 is 17.7 Å². The Morgan fingerprint density at radius 1 is 1.28 bits per heavy atom. The van der Waals surface area contributed by atoms with Crippen molar-refractivity contribution in [2.45, 2.75) is 6.42 Å². The molecule has 0 bridgehead atoms. The van der Waals surface area contributed by atoms with E-state index in [1.54, 1.807) is 0 Å². The number of nitrogens with zero attached hydrogens (tertiary/aromatic N) is 1. The van der Waals surface area contributed by atoms with Crippen LogP contribution in [0, 0.1) is 0 Å². The van der Waals surface area contributed by atoms with E-state index in [0.717, 1.165) is 36.6 Å². The Bertz CT molecular complexity index is 474. The van der Waals surface area contributed by atoms with E-state index in [4.69, 9.17) is 11.6 Å². The van der Waals surface area contributed by atoms with Crippen LogP contribution in [0.1, 0.15) is 12.0 Å². The first kappa shape index (κ1) is 13.1. The molecule has 0 saturated carbocycles. The minimum atomic E-state index is 0.804. The van der Waals surface area contributed by atoms with E-state index >= 15 is 0 Å². The summed E-state index contributed by atoms with van der Waals surface area (Å²) < 4.78 is 0. The van der Waals surface area contributed by atoms with Crippen molar-refractivity contribution in [2.75, 3.05) is 19.6 Å². The van der Waals surface area contributed by atoms with Crippen molar-refractivity contribution in [2.24, 2.45) is 0 Å². The first-order valence-corrected chi connectivity index (χ1v) is 6.62. The van der Waals surface area contributed by atoms with Crippen LogP contribution in [0.5, 0.6) is 0 Å². The fourth-order valence-corrected chi connectivity index (χ4v) is 2.23. The Balaban J connectivity index is 1.99. The minimum absolute atomic E-state index is 0.804. The van der Waals surface area contributed by atoms with Crippen molar-refractivity contribution in [3.8, 4) is 0 Å². The Hall–Kier alpha value is -1.31. The monoisotopic (exact) mass is 259 g/mol. The average Bonchev–Trinajstić information content (AvgIpc) is 2.40. The van der Waals surface area contributed by atoms with Gasteiger partial charge in [0, 0.05) is 24.7 Å². The fraction of sp³-hybridized carbons (Fsp3) is 0.250. The largest absolute Gasteiger partial charge is 0.296 e. The van der Waals surface area contributed by atoms with Crippen LogP contribution in [0.4, 0.5) is 0 Å². The normalized spacial score (nSPS) is 16.8. The second kappa shape index (κ2) is 6.58. The highest BCUT2D eigenvalue weighted by Gasteiger charge is 2.07. The van der Waals surface area contributed by atoms with Crippen LogP contribution < -0.4 is 0 Å². The lowest BCUT2D eigenvalue weighted by Gasteiger charge is -2.23. The van der Waals surface area contributed by atoms with Gasteiger partial charge in [-0.25, -0.2) is 0 Å². The van der Waals surface area contributed by atoms with E-state index in [-0.39, 0.29) is 0 Å². The average molecular weight is 260 g/mol. The van der Waals surface area contributed by atoms with Crippen molar-refractivity contribution in [3.05, 3.63) is 65.2 Å². The van der Waals surface area contributed by atoms with Gasteiger partial charge in [0.2, 0.25) is 0 Å². The number of hydrogen-bond acceptors (Lipinski definition) is 1. The molecule has 1 aliphatic rings. The standard InChI is InChI=1S/C16H18ClN/c1-2-11-18-12-9-14(10-13-18)7-8-15-5-3-4-6-16(15)17/h2-9H,1,10-13H2. The van der Waals surface area contributed by atoms with Gasteiger partial charge in [-0.05, 0) is 23.6 Å². The molecule has 0 fully saturated rings. The van der Waals surface area contributed by atoms with Crippen molar-refractivity contribution in [3.63, 3.8) is 0 Å². The van der Waals surface area contributed by atoms with Crippen LogP contribution >= 0.6 is 11.6 Å². The third kappa shape index (κ3) is 3.59. The van der Waals surface area contributed by atoms with Crippen LogP contribution in [0.15, 0.2) is 54.6 Å². The topological polar surface area (TPSA) is 3.24 Å². The quantitative estimate of drug-likeness (QED) is 0.734. The van der Waals surface area contributed by atoms with E-state index in [1.807, 2.05) is 30.3 Å². The maximum absolute atomic E-state index is 6.12. The summed E-state index contributed by atoms with van der Waals surface area (Å²) in [5, 5.41) is 0.804. The number of halogens is 1. The molecule has 2 rings (SSSR count). The maximum atomic E-state index is 6.12. The summed E-state index contributed by atoms with van der Waals surface area (Å²) in [5.41, 5.74) is 2.46. The molecular formula is C16H18ClN. The fourth-order valence-electron chi connectivity index (χ4n) is 2.03. The molecule has 0 N–H and O–H groups in total. The highest BCUT2D eigenvalue weighted by Crippen LogP contribution is 2.19. The van der Waals surface area contributed by atoms with E-state index < -0.39 is 0 Å². The molecule has 1 aromatic carbocycles. The highest BCUT2D eigenvalue weighted by molar-refractivity contribution is 6.32. The second-order valence-electron chi connectivity index (χ2n) is 4.43. The first-order valence-electron chi connectivity index (χ1n) is 6.24. The van der Waals surface area contributed by atoms with Crippen molar-refractivity contribution in [1.82, 2.24) is 4.90 Å². The summed E-state index contributed by atoms with van der Waals surface area (Å²) in [5.74, 6) is 0. The van der Waals surface area contributed by atoms with Gasteiger partial charge in [-0.3, -0.25) is 4.90 Å². The molecule has 0 spiro atoms. The number of hydrogen-bond donors (Lipinski definition) is 0. The summed E-state index contributed by atoms with van der Waals surface area (Å²) in [6.45, 7) is 6.85. The van der Waals surface area contributed by atoms with Gasteiger partial charge in [-0.2, -0.15) is 0 Å². The summed E-state index contributed by atoms with van der Waals surface area (Å²) in [6, 6.07) is 7.91. The zero-order chi connectivity index (χ0) is 12.8. The van der Waals surface area contributed by atoms with Gasteiger partial charge in [0.1, 0.15) is 0 Å². The summed E-state index contributed by atoms with van der Waals surface area (Å²) in [4.78, 5) is 2.37. The first-order chi connectivity index (χ1) is 8.79. The second-order valence-corrected chi connectivity index (χ2v) is 4.84. The van der Waals surface area contributed by atoms with Crippen LogP contribution in [-0.2, 0) is 0 Å². The highest BCUT2D eigenvalue weighted by atomic mass is 35.5. The summed E-state index contributed by atoms with van der Waals surface area (Å²) in [7, 11) is 0. The molecule has 0 aromatic heterocycles. The zero-order valence-corrected chi connectivity index (χ0v) is 11.2. The summed E-state index contributed by atoms with van der Waals surface area (Å²) in [6.07, 6.45) is 9.59. The lowest BCUT2D eigenvalue weighted by atomic mass is 10.1. The minimum Gasteiger partial charge on any atom is -0.296 e. The number of benzene rings is 1. The smallest absolute Gasteiger partial charge is 0.0478 e. The molecule has 0 aliphatic carbocycles. The molecule has 1 aliphatic heterocycles. The van der Waals surface area contributed by atoms with Gasteiger partial charge in [0.25, 0.3) is 0 Å². The van der Waals surface area contributed by atoms with Crippen molar-refractivity contribution < 1.29 is 0 Å². The van der Waals surface area contributed by atoms with Gasteiger partial charge in [-0.1, -0.05) is 54.1 Å². The molecular weight excluding hydrogens is 242 g/mol. The molecule has 1 heterocycles. The van der Waals surface area contributed by atoms with Gasteiger partial charge >= 0.3 is 0 Å². The molecule has 0 saturated heterocycles. The van der Waals surface area contributed by atoms with Crippen LogP contribution in [0.25, 0.3) is 6.08 Å². The van der Waals surface area contributed by atoms with E-state index in [1.165, 1.54) is 5.57 Å². The Morgan fingerprint density at radius 2 is 2.11 bits per heavy atom. The van der Waals surface area contributed by atoms with Crippen LogP contribution in [-0.4, -0.2) is 24.5 Å². The predicted octanol–water partition coefficient (Wildman–Crippen LogP) is 4.17. The van der Waals surface area contributed by atoms with Gasteiger partial charge in [0.05, 0.1) is 0 Å². The maximum Gasteiger partial charge on any atom is 0.0478 e. The predicted molar refractivity (Wildman–Crippen MR) is 79.8 cm³/mol. The molecule has 94 valence electrons. The Kier molecular flexibility index (Phi) is 4.80. The van der Waals surface area contributed by atoms with Crippen LogP contribution in [0.2, 0.25) is 5.02 Å². The number of allylic oxidation sites excluding steroid dienone is 1. The SMILES string of the molecule is C=CCN1CC=C(C=Cc2ccccc2Cl)CC1. The summed E-state index contributed by atoms with van der Waals surface area (Å²) >= 11 is 6.12. The molecule has 1 aromatic rings. The third-order valence-corrected chi connectivity index (χ3v) is 3.44. The van der Waals surface area contributed by atoms with Gasteiger partial charge < -0.3 is 0 Å². The lowest BCUT2D eigenvalue weighted by Crippen LogP contribution is -2.28. The molecule has 1 nitrogen and oxygen atoms in total. The Morgan fingerprint density at radius 3 is 2.78 bits per heavy atom. The third-order valence-electron chi connectivity index (χ3n) is 3.10. The Labute approximate surface area is 114 Å². The van der Waals surface area contributed by atoms with Gasteiger partial charge in [0.15, 0.2) is 0 Å². The van der Waals surface area contributed by atoms with E-state index in [0.29, 0.717) is 0 Å². The molecule has 0 radical (unpaired) electrons. The molecule has 0 amide bonds.